The molecule has 0 unspecified atom stereocenters. The molecule has 1 fully saturated rings. The van der Waals surface area contributed by atoms with Crippen LogP contribution in [0.2, 0.25) is 0 Å². The zero-order valence-electron chi connectivity index (χ0n) is 16.5. The van der Waals surface area contributed by atoms with E-state index >= 15 is 0 Å². The number of fused-ring (bicyclic) bond motifs is 1. The minimum absolute atomic E-state index is 0.268. The zero-order valence-corrected chi connectivity index (χ0v) is 16.5. The maximum Gasteiger partial charge on any atom is 0.313 e. The Morgan fingerprint density at radius 1 is 0.931 bits per heavy atom. The number of anilines is 1. The first-order valence-electron chi connectivity index (χ1n) is 9.92. The van der Waals surface area contributed by atoms with Gasteiger partial charge in [0.25, 0.3) is 0 Å². The molecule has 0 radical (unpaired) electrons. The molecule has 2 aliphatic heterocycles. The summed E-state index contributed by atoms with van der Waals surface area (Å²) in [4.78, 5) is 28.7. The molecule has 152 valence electrons. The van der Waals surface area contributed by atoms with Gasteiger partial charge in [-0.1, -0.05) is 25.1 Å². The van der Waals surface area contributed by atoms with Crippen LogP contribution in [0, 0.1) is 0 Å². The highest BCUT2D eigenvalue weighted by molar-refractivity contribution is 6.39. The van der Waals surface area contributed by atoms with Crippen LogP contribution in [0.4, 0.5) is 5.69 Å². The number of rotatable bonds is 4. The summed E-state index contributed by atoms with van der Waals surface area (Å²) in [5.41, 5.74) is 2.97. The molecule has 0 bridgehead atoms. The van der Waals surface area contributed by atoms with Crippen LogP contribution >= 0.6 is 0 Å². The number of carbonyl (C=O) groups is 2. The van der Waals surface area contributed by atoms with Crippen molar-refractivity contribution in [1.29, 1.82) is 0 Å². The van der Waals surface area contributed by atoms with Crippen molar-refractivity contribution in [2.75, 3.05) is 38.3 Å². The molecule has 1 saturated heterocycles. The Kier molecular flexibility index (Phi) is 5.67. The number of amides is 2. The molecule has 7 heteroatoms. The SMILES string of the molecule is CCc1ccc(NC(=O)C(=O)N2CCN(Cc3ccc4c(c3)OCO4)CC2)cc1. The highest BCUT2D eigenvalue weighted by atomic mass is 16.7. The molecule has 0 aliphatic carbocycles. The summed E-state index contributed by atoms with van der Waals surface area (Å²) < 4.78 is 10.8. The Balaban J connectivity index is 1.27. The minimum Gasteiger partial charge on any atom is -0.454 e. The van der Waals surface area contributed by atoms with Gasteiger partial charge in [0.05, 0.1) is 0 Å². The molecule has 2 amide bonds. The van der Waals surface area contributed by atoms with Crippen molar-refractivity contribution >= 4 is 17.5 Å². The normalized spacial score (nSPS) is 16.0. The van der Waals surface area contributed by atoms with Gasteiger partial charge in [-0.3, -0.25) is 14.5 Å². The Labute approximate surface area is 170 Å². The number of nitrogens with one attached hydrogen (secondary N) is 1. The van der Waals surface area contributed by atoms with Gasteiger partial charge in [-0.15, -0.1) is 0 Å². The van der Waals surface area contributed by atoms with Gasteiger partial charge in [0.1, 0.15) is 0 Å². The smallest absolute Gasteiger partial charge is 0.313 e. The summed E-state index contributed by atoms with van der Waals surface area (Å²) in [5, 5.41) is 2.70. The fourth-order valence-corrected chi connectivity index (χ4v) is 3.56. The molecule has 4 rings (SSSR count). The molecule has 7 nitrogen and oxygen atoms in total. The Bertz CT molecular complexity index is 889. The van der Waals surface area contributed by atoms with E-state index in [1.54, 1.807) is 4.90 Å². The van der Waals surface area contributed by atoms with E-state index in [0.29, 0.717) is 18.8 Å². The van der Waals surface area contributed by atoms with Crippen LogP contribution in [0.25, 0.3) is 0 Å². The highest BCUT2D eigenvalue weighted by Crippen LogP contribution is 2.32. The highest BCUT2D eigenvalue weighted by Gasteiger charge is 2.26. The topological polar surface area (TPSA) is 71.1 Å². The van der Waals surface area contributed by atoms with Gasteiger partial charge in [-0.2, -0.15) is 0 Å². The van der Waals surface area contributed by atoms with Crippen molar-refractivity contribution in [1.82, 2.24) is 9.80 Å². The van der Waals surface area contributed by atoms with Gasteiger partial charge in [-0.05, 0) is 41.8 Å². The van der Waals surface area contributed by atoms with E-state index < -0.39 is 11.8 Å². The van der Waals surface area contributed by atoms with Crippen LogP contribution in [0.15, 0.2) is 42.5 Å². The van der Waals surface area contributed by atoms with E-state index in [4.69, 9.17) is 9.47 Å². The maximum atomic E-state index is 12.5. The minimum atomic E-state index is -0.585. The summed E-state index contributed by atoms with van der Waals surface area (Å²) in [5.74, 6) is 0.491. The van der Waals surface area contributed by atoms with Gasteiger partial charge >= 0.3 is 11.8 Å². The van der Waals surface area contributed by atoms with Gasteiger partial charge in [0.2, 0.25) is 6.79 Å². The molecular weight excluding hydrogens is 370 g/mol. The summed E-state index contributed by atoms with van der Waals surface area (Å²) in [6.07, 6.45) is 0.934. The predicted molar refractivity (Wildman–Crippen MR) is 109 cm³/mol. The Hall–Kier alpha value is -3.06. The second kappa shape index (κ2) is 8.53. The zero-order chi connectivity index (χ0) is 20.2. The van der Waals surface area contributed by atoms with E-state index in [1.807, 2.05) is 42.5 Å². The largest absolute Gasteiger partial charge is 0.454 e. The third kappa shape index (κ3) is 4.51. The lowest BCUT2D eigenvalue weighted by molar-refractivity contribution is -0.144. The number of benzene rings is 2. The van der Waals surface area contributed by atoms with Crippen molar-refractivity contribution < 1.29 is 19.1 Å². The summed E-state index contributed by atoms with van der Waals surface area (Å²) in [7, 11) is 0. The van der Waals surface area contributed by atoms with Crippen molar-refractivity contribution in [3.05, 3.63) is 53.6 Å². The molecule has 0 atom stereocenters. The third-order valence-corrected chi connectivity index (χ3v) is 5.32. The quantitative estimate of drug-likeness (QED) is 0.804. The summed E-state index contributed by atoms with van der Waals surface area (Å²) >= 11 is 0. The maximum absolute atomic E-state index is 12.5. The van der Waals surface area contributed by atoms with Gasteiger partial charge in [-0.25, -0.2) is 0 Å². The van der Waals surface area contributed by atoms with Crippen molar-refractivity contribution in [2.24, 2.45) is 0 Å². The molecule has 29 heavy (non-hydrogen) atoms. The number of nitrogens with zero attached hydrogens (tertiary/aromatic N) is 2. The van der Waals surface area contributed by atoms with Crippen LogP contribution in [-0.2, 0) is 22.6 Å². The Morgan fingerprint density at radius 2 is 1.62 bits per heavy atom. The van der Waals surface area contributed by atoms with E-state index in [-0.39, 0.29) is 6.79 Å². The van der Waals surface area contributed by atoms with E-state index in [1.165, 1.54) is 5.56 Å². The van der Waals surface area contributed by atoms with Crippen LogP contribution < -0.4 is 14.8 Å². The van der Waals surface area contributed by atoms with E-state index in [2.05, 4.69) is 17.1 Å². The van der Waals surface area contributed by atoms with E-state index in [0.717, 1.165) is 43.1 Å². The van der Waals surface area contributed by atoms with Crippen LogP contribution in [-0.4, -0.2) is 54.6 Å². The molecule has 0 aromatic heterocycles. The first-order valence-corrected chi connectivity index (χ1v) is 9.92. The second-order valence-electron chi connectivity index (χ2n) is 7.26. The lowest BCUT2D eigenvalue weighted by atomic mass is 10.1. The van der Waals surface area contributed by atoms with Crippen LogP contribution in [0.1, 0.15) is 18.1 Å². The number of hydrogen-bond acceptors (Lipinski definition) is 5. The lowest BCUT2D eigenvalue weighted by Gasteiger charge is -2.34. The van der Waals surface area contributed by atoms with Gasteiger partial charge in [0, 0.05) is 38.4 Å². The molecule has 2 aliphatic rings. The predicted octanol–water partition coefficient (Wildman–Crippen LogP) is 2.26. The summed E-state index contributed by atoms with van der Waals surface area (Å²) in [6, 6.07) is 13.5. The van der Waals surface area contributed by atoms with Gasteiger partial charge < -0.3 is 19.7 Å². The van der Waals surface area contributed by atoms with E-state index in [9.17, 15) is 9.59 Å². The second-order valence-corrected chi connectivity index (χ2v) is 7.26. The molecule has 2 aromatic rings. The number of carbonyl (C=O) groups excluding carboxylic acids is 2. The van der Waals surface area contributed by atoms with Crippen molar-refractivity contribution in [2.45, 2.75) is 19.9 Å². The first-order chi connectivity index (χ1) is 14.1. The van der Waals surface area contributed by atoms with Crippen molar-refractivity contribution in [3.8, 4) is 11.5 Å². The fourth-order valence-electron chi connectivity index (χ4n) is 3.56. The first kappa shape index (κ1) is 19.3. The number of piperazine rings is 1. The number of ether oxygens (including phenoxy) is 2. The van der Waals surface area contributed by atoms with Crippen molar-refractivity contribution in [3.63, 3.8) is 0 Å². The van der Waals surface area contributed by atoms with Gasteiger partial charge in [0.15, 0.2) is 11.5 Å². The number of hydrogen-bond donors (Lipinski definition) is 1. The standard InChI is InChI=1S/C22H25N3O4/c1-2-16-3-6-18(7-4-16)23-21(26)22(27)25-11-9-24(10-12-25)14-17-5-8-19-20(13-17)29-15-28-19/h3-8,13H,2,9-12,14-15H2,1H3,(H,23,26). The monoisotopic (exact) mass is 395 g/mol. The molecule has 2 heterocycles. The molecular formula is C22H25N3O4. The third-order valence-electron chi connectivity index (χ3n) is 5.32. The molecule has 0 saturated carbocycles. The summed E-state index contributed by atoms with van der Waals surface area (Å²) in [6.45, 7) is 5.62. The molecule has 1 N–H and O–H groups in total. The average molecular weight is 395 g/mol. The lowest BCUT2D eigenvalue weighted by Crippen LogP contribution is -2.51. The fraction of sp³-hybridized carbons (Fsp3) is 0.364. The molecule has 2 aromatic carbocycles. The average Bonchev–Trinajstić information content (AvgIpc) is 3.22. The Morgan fingerprint density at radius 3 is 2.34 bits per heavy atom. The molecule has 0 spiro atoms. The van der Waals surface area contributed by atoms with Crippen LogP contribution in [0.3, 0.4) is 0 Å². The number of aryl methyl sites for hydroxylation is 1. The van der Waals surface area contributed by atoms with Crippen LogP contribution in [0.5, 0.6) is 11.5 Å².